The molecule has 0 atom stereocenters. The number of ether oxygens (including phenoxy) is 1. The zero-order valence-electron chi connectivity index (χ0n) is 17.3. The normalized spacial score (nSPS) is 16.2. The first-order valence-electron chi connectivity index (χ1n) is 9.69. The first-order chi connectivity index (χ1) is 13.7. The molecule has 2 aromatic rings. The quantitative estimate of drug-likeness (QED) is 0.658. The van der Waals surface area contributed by atoms with Gasteiger partial charge in [0.2, 0.25) is 10.0 Å². The van der Waals surface area contributed by atoms with E-state index in [9.17, 15) is 13.3 Å². The van der Waals surface area contributed by atoms with Crippen LogP contribution in [-0.4, -0.2) is 49.8 Å². The Labute approximate surface area is 172 Å². The molecule has 1 saturated heterocycles. The van der Waals surface area contributed by atoms with Crippen molar-refractivity contribution >= 4 is 15.7 Å². The minimum absolute atomic E-state index is 0.0338. The molecule has 29 heavy (non-hydrogen) atoms. The summed E-state index contributed by atoms with van der Waals surface area (Å²) in [6.07, 6.45) is 0. The molecule has 7 nitrogen and oxygen atoms in total. The van der Waals surface area contributed by atoms with Crippen molar-refractivity contribution < 1.29 is 13.2 Å². The third kappa shape index (κ3) is 4.66. The molecule has 1 fully saturated rings. The van der Waals surface area contributed by atoms with E-state index in [0.29, 0.717) is 38.0 Å². The molecule has 0 spiro atoms. The molecule has 156 valence electrons. The minimum atomic E-state index is -3.83. The maximum absolute atomic E-state index is 13.4. The highest BCUT2D eigenvalue weighted by molar-refractivity contribution is 7.89. The van der Waals surface area contributed by atoms with Crippen LogP contribution in [-0.2, 0) is 10.0 Å². The van der Waals surface area contributed by atoms with Crippen LogP contribution in [0.2, 0.25) is 0 Å². The van der Waals surface area contributed by atoms with Crippen molar-refractivity contribution in [3.05, 3.63) is 52.4 Å². The van der Waals surface area contributed by atoms with Gasteiger partial charge in [-0.15, -0.1) is 4.91 Å². The fourth-order valence-electron chi connectivity index (χ4n) is 3.37. The van der Waals surface area contributed by atoms with Crippen LogP contribution in [0.4, 0.5) is 5.69 Å². The van der Waals surface area contributed by atoms with Crippen molar-refractivity contribution in [2.45, 2.75) is 38.6 Å². The van der Waals surface area contributed by atoms with Gasteiger partial charge < -0.3 is 4.74 Å². The van der Waals surface area contributed by atoms with Crippen molar-refractivity contribution in [3.63, 3.8) is 0 Å². The summed E-state index contributed by atoms with van der Waals surface area (Å²) in [5, 5.41) is 2.91. The molecule has 0 radical (unpaired) electrons. The third-order valence-corrected chi connectivity index (χ3v) is 7.14. The Kier molecular flexibility index (Phi) is 6.36. The van der Waals surface area contributed by atoms with Gasteiger partial charge in [-0.3, -0.25) is 4.90 Å². The maximum Gasteiger partial charge on any atom is 0.246 e. The number of aryl methyl sites for hydroxylation is 2. The summed E-state index contributed by atoms with van der Waals surface area (Å²) in [5.41, 5.74) is 1.95. The van der Waals surface area contributed by atoms with E-state index in [-0.39, 0.29) is 16.3 Å². The van der Waals surface area contributed by atoms with Crippen molar-refractivity contribution in [1.29, 1.82) is 0 Å². The van der Waals surface area contributed by atoms with Gasteiger partial charge >= 0.3 is 0 Å². The highest BCUT2D eigenvalue weighted by Gasteiger charge is 2.32. The average molecular weight is 418 g/mol. The molecule has 0 amide bonds. The standard InChI is InChI=1S/C21H27N3O4S/c1-15(2)23-9-11-24(12-10-23)29(26,27)21-14-18(22-25)7-8-19(21)28-20-13-16(3)5-6-17(20)4/h5-8,13-15H,9-12H2,1-4H3. The van der Waals surface area contributed by atoms with E-state index in [2.05, 4.69) is 23.9 Å². The second-order valence-electron chi connectivity index (χ2n) is 7.63. The van der Waals surface area contributed by atoms with E-state index < -0.39 is 10.0 Å². The summed E-state index contributed by atoms with van der Waals surface area (Å²) in [5.74, 6) is 0.773. The molecule has 3 rings (SSSR count). The lowest BCUT2D eigenvalue weighted by Crippen LogP contribution is -2.50. The van der Waals surface area contributed by atoms with E-state index in [1.807, 2.05) is 32.0 Å². The number of nitrogens with zero attached hydrogens (tertiary/aromatic N) is 3. The van der Waals surface area contributed by atoms with Crippen LogP contribution in [0, 0.1) is 18.8 Å². The Morgan fingerprint density at radius 2 is 1.66 bits per heavy atom. The molecule has 0 N–H and O–H groups in total. The Hall–Kier alpha value is -2.29. The molecule has 1 aliphatic heterocycles. The summed E-state index contributed by atoms with van der Waals surface area (Å²) in [6.45, 7) is 10.1. The number of hydrogen-bond acceptors (Lipinski definition) is 6. The Balaban J connectivity index is 1.97. The zero-order valence-corrected chi connectivity index (χ0v) is 18.1. The topological polar surface area (TPSA) is 79.3 Å². The highest BCUT2D eigenvalue weighted by atomic mass is 32.2. The summed E-state index contributed by atoms with van der Waals surface area (Å²) >= 11 is 0. The monoisotopic (exact) mass is 417 g/mol. The van der Waals surface area contributed by atoms with E-state index in [4.69, 9.17) is 4.74 Å². The third-order valence-electron chi connectivity index (χ3n) is 5.22. The number of hydrogen-bond donors (Lipinski definition) is 0. The van der Waals surface area contributed by atoms with Gasteiger partial charge in [-0.25, -0.2) is 8.42 Å². The van der Waals surface area contributed by atoms with Crippen LogP contribution in [0.25, 0.3) is 0 Å². The minimum Gasteiger partial charge on any atom is -0.456 e. The molecular formula is C21H27N3O4S. The second kappa shape index (κ2) is 8.61. The smallest absolute Gasteiger partial charge is 0.246 e. The lowest BCUT2D eigenvalue weighted by atomic mass is 10.1. The van der Waals surface area contributed by atoms with Crippen LogP contribution in [0.5, 0.6) is 11.5 Å². The predicted molar refractivity (Wildman–Crippen MR) is 113 cm³/mol. The van der Waals surface area contributed by atoms with Gasteiger partial charge in [-0.05, 0) is 68.3 Å². The maximum atomic E-state index is 13.4. The van der Waals surface area contributed by atoms with Crippen LogP contribution in [0.15, 0.2) is 46.5 Å². The Morgan fingerprint density at radius 1 is 0.966 bits per heavy atom. The summed E-state index contributed by atoms with van der Waals surface area (Å²) < 4.78 is 34.2. The molecule has 1 heterocycles. The molecule has 1 aliphatic rings. The van der Waals surface area contributed by atoms with Crippen molar-refractivity contribution in [3.8, 4) is 11.5 Å². The molecule has 0 saturated carbocycles. The van der Waals surface area contributed by atoms with Crippen molar-refractivity contribution in [2.24, 2.45) is 5.18 Å². The van der Waals surface area contributed by atoms with Gasteiger partial charge in [-0.1, -0.05) is 12.1 Å². The predicted octanol–water partition coefficient (Wildman–Crippen LogP) is 4.21. The molecule has 2 aromatic carbocycles. The number of sulfonamides is 1. The van der Waals surface area contributed by atoms with Crippen molar-refractivity contribution in [2.75, 3.05) is 26.2 Å². The summed E-state index contributed by atoms with van der Waals surface area (Å²) in [6, 6.07) is 10.4. The molecule has 0 unspecified atom stereocenters. The number of rotatable bonds is 6. The van der Waals surface area contributed by atoms with Gasteiger partial charge in [-0.2, -0.15) is 4.31 Å². The molecular weight excluding hydrogens is 390 g/mol. The molecule has 0 bridgehead atoms. The fourth-order valence-corrected chi connectivity index (χ4v) is 4.93. The van der Waals surface area contributed by atoms with E-state index >= 15 is 0 Å². The number of nitroso groups, excluding NO2 is 1. The SMILES string of the molecule is Cc1ccc(C)c(Oc2ccc(N=O)cc2S(=O)(=O)N2CCN(C(C)C)CC2)c1. The average Bonchev–Trinajstić information content (AvgIpc) is 2.71. The fraction of sp³-hybridized carbons (Fsp3) is 0.429. The van der Waals surface area contributed by atoms with E-state index in [0.717, 1.165) is 11.1 Å². The molecule has 8 heteroatoms. The number of piperazine rings is 1. The first kappa shape index (κ1) is 21.4. The lowest BCUT2D eigenvalue weighted by Gasteiger charge is -2.36. The van der Waals surface area contributed by atoms with Gasteiger partial charge in [0.25, 0.3) is 0 Å². The highest BCUT2D eigenvalue weighted by Crippen LogP contribution is 2.35. The van der Waals surface area contributed by atoms with Gasteiger partial charge in [0.05, 0.1) is 0 Å². The summed E-state index contributed by atoms with van der Waals surface area (Å²) in [7, 11) is -3.83. The van der Waals surface area contributed by atoms with Crippen LogP contribution in [0.3, 0.4) is 0 Å². The van der Waals surface area contributed by atoms with E-state index in [1.54, 1.807) is 0 Å². The van der Waals surface area contributed by atoms with E-state index in [1.165, 1.54) is 22.5 Å². The van der Waals surface area contributed by atoms with Gasteiger partial charge in [0.15, 0.2) is 0 Å². The van der Waals surface area contributed by atoms with Gasteiger partial charge in [0, 0.05) is 32.2 Å². The Bertz CT molecular complexity index is 997. The first-order valence-corrected chi connectivity index (χ1v) is 11.1. The largest absolute Gasteiger partial charge is 0.456 e. The van der Waals surface area contributed by atoms with Crippen molar-refractivity contribution in [1.82, 2.24) is 9.21 Å². The van der Waals surface area contributed by atoms with Gasteiger partial charge in [0.1, 0.15) is 22.1 Å². The Morgan fingerprint density at radius 3 is 2.28 bits per heavy atom. The van der Waals surface area contributed by atoms with Crippen LogP contribution < -0.4 is 4.74 Å². The zero-order chi connectivity index (χ0) is 21.2. The number of benzene rings is 2. The van der Waals surface area contributed by atoms with Crippen LogP contribution in [0.1, 0.15) is 25.0 Å². The second-order valence-corrected chi connectivity index (χ2v) is 9.53. The van der Waals surface area contributed by atoms with Crippen LogP contribution >= 0.6 is 0 Å². The summed E-state index contributed by atoms with van der Waals surface area (Å²) in [4.78, 5) is 13.2. The molecule has 0 aromatic heterocycles. The lowest BCUT2D eigenvalue weighted by molar-refractivity contribution is 0.154. The molecule has 0 aliphatic carbocycles.